The second-order valence-electron chi connectivity index (χ2n) is 6.31. The molecule has 2 aromatic heterocycles. The number of esters is 1. The average Bonchev–Trinajstić information content (AvgIpc) is 2.53. The normalized spacial score (nSPS) is 11.5. The van der Waals surface area contributed by atoms with Crippen LogP contribution in [0.25, 0.3) is 21.7 Å². The van der Waals surface area contributed by atoms with Crippen LogP contribution in [0.1, 0.15) is 38.1 Å². The number of carbonyl (C=O) groups excluding carboxylic acids is 1. The third kappa shape index (κ3) is 3.51. The molecule has 130 valence electrons. The average molecular weight is 359 g/mol. The van der Waals surface area contributed by atoms with E-state index in [0.29, 0.717) is 32.8 Å². The van der Waals surface area contributed by atoms with Crippen molar-refractivity contribution in [3.63, 3.8) is 0 Å². The van der Waals surface area contributed by atoms with Gasteiger partial charge in [-0.2, -0.15) is 0 Å². The number of nitrogens with zero attached hydrogens (tertiary/aromatic N) is 2. The highest BCUT2D eigenvalue weighted by atomic mass is 35.5. The maximum absolute atomic E-state index is 12.6. The molecule has 25 heavy (non-hydrogen) atoms. The van der Waals surface area contributed by atoms with Gasteiger partial charge in [-0.25, -0.2) is 9.78 Å². The summed E-state index contributed by atoms with van der Waals surface area (Å²) in [5, 5.41) is 2.66. The van der Waals surface area contributed by atoms with E-state index >= 15 is 0 Å². The summed E-state index contributed by atoms with van der Waals surface area (Å²) in [5.41, 5.74) is 1.06. The van der Waals surface area contributed by atoms with Gasteiger partial charge in [0.15, 0.2) is 0 Å². The molecule has 0 N–H and O–H groups in total. The SMILES string of the molecule is CC(C)OC(=O)c1cncc2c(OC(C)C)nc3ccc(Cl)cc3c12. The smallest absolute Gasteiger partial charge is 0.340 e. The first-order chi connectivity index (χ1) is 11.9. The Morgan fingerprint density at radius 3 is 2.52 bits per heavy atom. The number of aromatic nitrogens is 2. The molecule has 2 heterocycles. The molecule has 0 amide bonds. The van der Waals surface area contributed by atoms with Crippen molar-refractivity contribution in [3.05, 3.63) is 41.2 Å². The van der Waals surface area contributed by atoms with Gasteiger partial charge < -0.3 is 9.47 Å². The maximum Gasteiger partial charge on any atom is 0.340 e. The van der Waals surface area contributed by atoms with Gasteiger partial charge in [-0.05, 0) is 45.9 Å². The van der Waals surface area contributed by atoms with E-state index in [1.54, 1.807) is 32.2 Å². The molecule has 0 saturated carbocycles. The monoisotopic (exact) mass is 358 g/mol. The highest BCUT2D eigenvalue weighted by molar-refractivity contribution is 6.32. The van der Waals surface area contributed by atoms with Gasteiger partial charge >= 0.3 is 5.97 Å². The van der Waals surface area contributed by atoms with E-state index in [1.165, 1.54) is 6.20 Å². The number of carbonyl (C=O) groups is 1. The fourth-order valence-electron chi connectivity index (χ4n) is 2.63. The number of pyridine rings is 2. The molecule has 1 aromatic carbocycles. The van der Waals surface area contributed by atoms with E-state index in [0.717, 1.165) is 5.39 Å². The lowest BCUT2D eigenvalue weighted by molar-refractivity contribution is 0.0380. The zero-order valence-corrected chi connectivity index (χ0v) is 15.3. The molecule has 0 bridgehead atoms. The molecule has 0 fully saturated rings. The number of ether oxygens (including phenoxy) is 2. The predicted octanol–water partition coefficient (Wildman–Crippen LogP) is 4.79. The van der Waals surface area contributed by atoms with Gasteiger partial charge in [-0.3, -0.25) is 4.98 Å². The first-order valence-corrected chi connectivity index (χ1v) is 8.49. The summed E-state index contributed by atoms with van der Waals surface area (Å²) in [7, 11) is 0. The van der Waals surface area contributed by atoms with Gasteiger partial charge in [0.1, 0.15) is 0 Å². The quantitative estimate of drug-likeness (QED) is 0.495. The van der Waals surface area contributed by atoms with Crippen molar-refractivity contribution in [2.45, 2.75) is 39.9 Å². The van der Waals surface area contributed by atoms with Crippen molar-refractivity contribution in [1.82, 2.24) is 9.97 Å². The van der Waals surface area contributed by atoms with Crippen LogP contribution < -0.4 is 4.74 Å². The molecule has 5 nitrogen and oxygen atoms in total. The highest BCUT2D eigenvalue weighted by Crippen LogP contribution is 2.34. The second kappa shape index (κ2) is 6.84. The molecule has 0 saturated heterocycles. The van der Waals surface area contributed by atoms with Gasteiger partial charge in [-0.1, -0.05) is 11.6 Å². The zero-order chi connectivity index (χ0) is 18.1. The van der Waals surface area contributed by atoms with E-state index in [1.807, 2.05) is 19.9 Å². The Morgan fingerprint density at radius 1 is 1.08 bits per heavy atom. The van der Waals surface area contributed by atoms with Crippen molar-refractivity contribution in [2.75, 3.05) is 0 Å². The van der Waals surface area contributed by atoms with Crippen molar-refractivity contribution < 1.29 is 14.3 Å². The Labute approximate surface area is 150 Å². The minimum absolute atomic E-state index is 0.0632. The van der Waals surface area contributed by atoms with E-state index in [-0.39, 0.29) is 12.2 Å². The molecule has 0 aliphatic carbocycles. The number of benzene rings is 1. The fraction of sp³-hybridized carbons (Fsp3) is 0.316. The number of halogens is 1. The molecule has 0 aliphatic heterocycles. The Bertz CT molecular complexity index is 954. The summed E-state index contributed by atoms with van der Waals surface area (Å²) in [6.07, 6.45) is 2.86. The zero-order valence-electron chi connectivity index (χ0n) is 14.5. The first-order valence-electron chi connectivity index (χ1n) is 8.11. The highest BCUT2D eigenvalue weighted by Gasteiger charge is 2.20. The van der Waals surface area contributed by atoms with Crippen LogP contribution in [0.5, 0.6) is 5.88 Å². The Balaban J connectivity index is 2.37. The summed E-state index contributed by atoms with van der Waals surface area (Å²) >= 11 is 6.17. The van der Waals surface area contributed by atoms with Gasteiger partial charge in [-0.15, -0.1) is 0 Å². The van der Waals surface area contributed by atoms with Crippen molar-refractivity contribution in [3.8, 4) is 5.88 Å². The van der Waals surface area contributed by atoms with Gasteiger partial charge in [0.25, 0.3) is 0 Å². The third-order valence-corrected chi connectivity index (χ3v) is 3.77. The van der Waals surface area contributed by atoms with E-state index < -0.39 is 5.97 Å². The van der Waals surface area contributed by atoms with Crippen LogP contribution in [0.4, 0.5) is 0 Å². The molecule has 0 radical (unpaired) electrons. The number of rotatable bonds is 4. The largest absolute Gasteiger partial charge is 0.474 e. The summed E-state index contributed by atoms with van der Waals surface area (Å²) in [4.78, 5) is 21.3. The number of fused-ring (bicyclic) bond motifs is 3. The van der Waals surface area contributed by atoms with Gasteiger partial charge in [0.05, 0.1) is 28.7 Å². The van der Waals surface area contributed by atoms with Gasteiger partial charge in [0, 0.05) is 28.2 Å². The topological polar surface area (TPSA) is 61.3 Å². The Hall–Kier alpha value is -2.40. The summed E-state index contributed by atoms with van der Waals surface area (Å²) in [6, 6.07) is 5.36. The molecular weight excluding hydrogens is 340 g/mol. The van der Waals surface area contributed by atoms with Crippen LogP contribution >= 0.6 is 11.6 Å². The standard InChI is InChI=1S/C19H19ClN2O3/c1-10(2)24-18-14-8-21-9-15(19(23)25-11(3)4)17(14)13-7-12(20)5-6-16(13)22-18/h5-11H,1-4H3. The predicted molar refractivity (Wildman–Crippen MR) is 98.4 cm³/mol. The molecular formula is C19H19ClN2O3. The fourth-order valence-corrected chi connectivity index (χ4v) is 2.81. The summed E-state index contributed by atoms with van der Waals surface area (Å²) in [6.45, 7) is 7.45. The Morgan fingerprint density at radius 2 is 1.84 bits per heavy atom. The van der Waals surface area contributed by atoms with Crippen molar-refractivity contribution >= 4 is 39.2 Å². The van der Waals surface area contributed by atoms with Crippen LogP contribution in [0, 0.1) is 0 Å². The number of hydrogen-bond donors (Lipinski definition) is 0. The van der Waals surface area contributed by atoms with Crippen LogP contribution in [0.3, 0.4) is 0 Å². The second-order valence-corrected chi connectivity index (χ2v) is 6.75. The Kier molecular flexibility index (Phi) is 4.77. The van der Waals surface area contributed by atoms with E-state index in [4.69, 9.17) is 21.1 Å². The number of hydrogen-bond acceptors (Lipinski definition) is 5. The molecule has 3 rings (SSSR count). The molecule has 0 unspecified atom stereocenters. The minimum atomic E-state index is -0.434. The maximum atomic E-state index is 12.6. The lowest BCUT2D eigenvalue weighted by Gasteiger charge is -2.15. The lowest BCUT2D eigenvalue weighted by atomic mass is 10.0. The van der Waals surface area contributed by atoms with E-state index in [9.17, 15) is 4.79 Å². The molecule has 0 atom stereocenters. The van der Waals surface area contributed by atoms with Crippen LogP contribution in [-0.2, 0) is 4.74 Å². The summed E-state index contributed by atoms with van der Waals surface area (Å²) < 4.78 is 11.2. The third-order valence-electron chi connectivity index (χ3n) is 3.54. The molecule has 6 heteroatoms. The molecule has 3 aromatic rings. The molecule has 0 spiro atoms. The minimum Gasteiger partial charge on any atom is -0.474 e. The van der Waals surface area contributed by atoms with Crippen molar-refractivity contribution in [1.29, 1.82) is 0 Å². The van der Waals surface area contributed by atoms with Crippen molar-refractivity contribution in [2.24, 2.45) is 0 Å². The van der Waals surface area contributed by atoms with Gasteiger partial charge in [0.2, 0.25) is 5.88 Å². The summed E-state index contributed by atoms with van der Waals surface area (Å²) in [5.74, 6) is 0.00240. The first kappa shape index (κ1) is 17.4. The van der Waals surface area contributed by atoms with Crippen LogP contribution in [-0.4, -0.2) is 28.1 Å². The molecule has 0 aliphatic rings. The van der Waals surface area contributed by atoms with Crippen LogP contribution in [0.2, 0.25) is 5.02 Å². The lowest BCUT2D eigenvalue weighted by Crippen LogP contribution is -2.13. The van der Waals surface area contributed by atoms with E-state index in [2.05, 4.69) is 9.97 Å². The van der Waals surface area contributed by atoms with Crippen LogP contribution in [0.15, 0.2) is 30.6 Å².